The number of aromatic hydroxyl groups is 1. The van der Waals surface area contributed by atoms with Crippen LogP contribution in [0.3, 0.4) is 0 Å². The summed E-state index contributed by atoms with van der Waals surface area (Å²) in [4.78, 5) is 37.5. The second kappa shape index (κ2) is 9.68. The largest absolute Gasteiger partial charge is 0.505 e. The number of esters is 2. The summed E-state index contributed by atoms with van der Waals surface area (Å²) in [5.41, 5.74) is 4.48. The van der Waals surface area contributed by atoms with Gasteiger partial charge in [0.2, 0.25) is 0 Å². The summed E-state index contributed by atoms with van der Waals surface area (Å²) in [6.45, 7) is 11.0. The van der Waals surface area contributed by atoms with E-state index in [-0.39, 0.29) is 42.3 Å². The molecule has 0 atom stereocenters. The number of rotatable bonds is 9. The van der Waals surface area contributed by atoms with Crippen LogP contribution in [-0.4, -0.2) is 57.3 Å². The van der Waals surface area contributed by atoms with Crippen molar-refractivity contribution in [3.8, 4) is 11.4 Å². The molecule has 0 bridgehead atoms. The lowest BCUT2D eigenvalue weighted by atomic mass is 9.84. The van der Waals surface area contributed by atoms with Crippen LogP contribution in [-0.2, 0) is 30.9 Å². The molecule has 0 fully saturated rings. The Morgan fingerprint density at radius 2 is 1.70 bits per heavy atom. The van der Waals surface area contributed by atoms with Crippen molar-refractivity contribution in [2.45, 2.75) is 46.0 Å². The molecule has 2 aromatic carbocycles. The lowest BCUT2D eigenvalue weighted by Crippen LogP contribution is -2.17. The van der Waals surface area contributed by atoms with Crippen molar-refractivity contribution >= 4 is 28.9 Å². The third kappa shape index (κ3) is 5.04. The minimum atomic E-state index is -0.523. The third-order valence-corrected chi connectivity index (χ3v) is 6.12. The van der Waals surface area contributed by atoms with Gasteiger partial charge in [0.05, 0.1) is 0 Å². The maximum Gasteiger partial charge on any atom is 0.333 e. The van der Waals surface area contributed by atoms with E-state index in [2.05, 4.69) is 11.9 Å². The van der Waals surface area contributed by atoms with E-state index in [1.165, 1.54) is 0 Å². The lowest BCUT2D eigenvalue weighted by molar-refractivity contribution is -0.150. The Bertz CT molecular complexity index is 1500. The van der Waals surface area contributed by atoms with Gasteiger partial charge in [0.25, 0.3) is 5.91 Å². The Labute approximate surface area is 214 Å². The van der Waals surface area contributed by atoms with Crippen molar-refractivity contribution in [2.24, 2.45) is 0 Å². The average Bonchev–Trinajstić information content (AvgIpc) is 3.51. The molecule has 10 heteroatoms. The van der Waals surface area contributed by atoms with E-state index >= 15 is 0 Å². The second-order valence-electron chi connectivity index (χ2n) is 10.0. The molecule has 0 aliphatic heterocycles. The van der Waals surface area contributed by atoms with Crippen molar-refractivity contribution in [1.82, 2.24) is 19.4 Å². The Morgan fingerprint density at radius 1 is 1.03 bits per heavy atom. The van der Waals surface area contributed by atoms with Gasteiger partial charge in [-0.05, 0) is 48.6 Å². The van der Waals surface area contributed by atoms with E-state index in [4.69, 9.17) is 9.47 Å². The number of aryl methyl sites for hydroxylation is 1. The number of fused-ring (bicyclic) bond motifs is 4. The fourth-order valence-corrected chi connectivity index (χ4v) is 4.11. The highest BCUT2D eigenvalue weighted by Crippen LogP contribution is 2.39. The number of nitrogens with one attached hydrogen (secondary N) is 1. The fourth-order valence-electron chi connectivity index (χ4n) is 4.11. The van der Waals surface area contributed by atoms with Gasteiger partial charge < -0.3 is 19.9 Å². The molecule has 0 saturated heterocycles. The Balaban J connectivity index is 1.54. The molecule has 0 unspecified atom stereocenters. The van der Waals surface area contributed by atoms with E-state index in [0.717, 1.165) is 22.2 Å². The number of nitrogens with zero attached hydrogens (tertiary/aromatic N) is 3. The number of phenolic OH excluding ortho intramolecular Hbond substituents is 1. The number of carbonyl (C=O) groups is 3. The van der Waals surface area contributed by atoms with Crippen LogP contribution in [0.25, 0.3) is 16.7 Å². The first kappa shape index (κ1) is 25.9. The molecular formula is C27H32N4O6. The van der Waals surface area contributed by atoms with Crippen molar-refractivity contribution in [3.63, 3.8) is 0 Å². The zero-order chi connectivity index (χ0) is 27.1. The summed E-state index contributed by atoms with van der Waals surface area (Å²) in [6.07, 6.45) is 0.535. The SMILES string of the molecule is C=C(C)C(=O)OCCOC(=O)CCc1cc(-n2n3c4ccc(C(=O)NC)cc4n23)c(O)c(C(C)(C)C)c1. The molecule has 0 radical (unpaired) electrons. The quantitative estimate of drug-likeness (QED) is 0.203. The molecule has 0 saturated carbocycles. The topological polar surface area (TPSA) is 116 Å². The molecule has 2 N–H and O–H groups in total. The van der Waals surface area contributed by atoms with Gasteiger partial charge in [-0.25, -0.2) is 4.79 Å². The van der Waals surface area contributed by atoms with Crippen LogP contribution in [0, 0.1) is 0 Å². The zero-order valence-corrected chi connectivity index (χ0v) is 21.8. The van der Waals surface area contributed by atoms with Gasteiger partial charge in [-0.3, -0.25) is 9.59 Å². The van der Waals surface area contributed by atoms with Crippen LogP contribution in [0.5, 0.6) is 5.75 Å². The Kier molecular flexibility index (Phi) is 6.77. The lowest BCUT2D eigenvalue weighted by Gasteiger charge is -2.22. The molecule has 1 amide bonds. The van der Waals surface area contributed by atoms with Crippen LogP contribution in [0.1, 0.15) is 55.6 Å². The van der Waals surface area contributed by atoms with E-state index in [1.54, 1.807) is 26.1 Å². The molecule has 2 aromatic heterocycles. The second-order valence-corrected chi connectivity index (χ2v) is 10.0. The Morgan fingerprint density at radius 3 is 2.35 bits per heavy atom. The van der Waals surface area contributed by atoms with Gasteiger partial charge in [0, 0.05) is 30.2 Å². The zero-order valence-electron chi connectivity index (χ0n) is 21.8. The van der Waals surface area contributed by atoms with Crippen LogP contribution < -0.4 is 5.32 Å². The minimum Gasteiger partial charge on any atom is -0.505 e. The van der Waals surface area contributed by atoms with Crippen LogP contribution >= 0.6 is 0 Å². The number of ether oxygens (including phenoxy) is 2. The number of amides is 1. The van der Waals surface area contributed by atoms with Crippen LogP contribution in [0.15, 0.2) is 42.5 Å². The fraction of sp³-hybridized carbons (Fsp3) is 0.370. The predicted molar refractivity (Wildman–Crippen MR) is 138 cm³/mol. The first-order valence-electron chi connectivity index (χ1n) is 12.0. The number of benzene rings is 2. The standard InChI is InChI=1S/C27H32N4O6/c1-16(2)26(35)37-12-11-36-23(32)10-7-17-13-19(27(3,4)5)24(33)22(14-17)31-29-20-9-8-18(25(34)28-6)15-21(20)30(29)31/h8-9,13-15,33H,1,7,10-12H2,2-6H3,(H,28,34). The van der Waals surface area contributed by atoms with Gasteiger partial charge in [0.1, 0.15) is 35.7 Å². The van der Waals surface area contributed by atoms with E-state index in [1.807, 2.05) is 53.0 Å². The highest BCUT2D eigenvalue weighted by molar-refractivity contribution is 5.97. The molecule has 0 aliphatic carbocycles. The van der Waals surface area contributed by atoms with Gasteiger partial charge in [-0.1, -0.05) is 33.4 Å². The number of phenols is 1. The number of carbonyl (C=O) groups excluding carboxylic acids is 3. The van der Waals surface area contributed by atoms with E-state index < -0.39 is 11.9 Å². The summed E-state index contributed by atoms with van der Waals surface area (Å²) in [5, 5.41) is 13.8. The first-order chi connectivity index (χ1) is 17.4. The van der Waals surface area contributed by atoms with Crippen molar-refractivity contribution in [1.29, 1.82) is 0 Å². The average molecular weight is 509 g/mol. The molecule has 37 heavy (non-hydrogen) atoms. The Hall–Kier alpha value is -4.21. The van der Waals surface area contributed by atoms with Gasteiger partial charge >= 0.3 is 11.9 Å². The summed E-state index contributed by atoms with van der Waals surface area (Å²) < 4.78 is 13.9. The highest BCUT2D eigenvalue weighted by atomic mass is 16.6. The molecule has 2 heterocycles. The number of hydrogen-bond acceptors (Lipinski definition) is 6. The van der Waals surface area contributed by atoms with Crippen molar-refractivity contribution in [2.75, 3.05) is 20.3 Å². The van der Waals surface area contributed by atoms with E-state index in [9.17, 15) is 19.5 Å². The summed E-state index contributed by atoms with van der Waals surface area (Å²) in [6, 6.07) is 9.19. The van der Waals surface area contributed by atoms with Crippen molar-refractivity contribution < 1.29 is 29.0 Å². The molecule has 196 valence electrons. The van der Waals surface area contributed by atoms with Gasteiger partial charge in [0.15, 0.2) is 0 Å². The normalized spacial score (nSPS) is 11.8. The maximum absolute atomic E-state index is 12.3. The minimum absolute atomic E-state index is 0.0279. The van der Waals surface area contributed by atoms with E-state index in [0.29, 0.717) is 17.7 Å². The maximum atomic E-state index is 12.3. The smallest absolute Gasteiger partial charge is 0.333 e. The van der Waals surface area contributed by atoms with Crippen LogP contribution in [0.4, 0.5) is 0 Å². The monoisotopic (exact) mass is 508 g/mol. The number of aromatic nitrogens is 3. The molecule has 0 aliphatic rings. The highest BCUT2D eigenvalue weighted by Gasteiger charge is 2.30. The molecule has 4 rings (SSSR count). The van der Waals surface area contributed by atoms with Gasteiger partial charge in [-0.2, -0.15) is 0 Å². The predicted octanol–water partition coefficient (Wildman–Crippen LogP) is 3.38. The van der Waals surface area contributed by atoms with Crippen molar-refractivity contribution in [3.05, 3.63) is 59.2 Å². The summed E-state index contributed by atoms with van der Waals surface area (Å²) in [5.74, 6) is -0.947. The third-order valence-electron chi connectivity index (χ3n) is 6.12. The molecule has 10 nitrogen and oxygen atoms in total. The van der Waals surface area contributed by atoms with Gasteiger partial charge in [-0.15, -0.1) is 14.1 Å². The first-order valence-corrected chi connectivity index (χ1v) is 12.0. The molecular weight excluding hydrogens is 476 g/mol. The van der Waals surface area contributed by atoms with Crippen LogP contribution in [0.2, 0.25) is 0 Å². The number of hydrogen-bond donors (Lipinski definition) is 2. The molecule has 4 aromatic rings. The molecule has 0 spiro atoms. The summed E-state index contributed by atoms with van der Waals surface area (Å²) in [7, 11) is 1.59. The summed E-state index contributed by atoms with van der Waals surface area (Å²) >= 11 is 0.